The van der Waals surface area contributed by atoms with Crippen LogP contribution in [-0.2, 0) is 36.8 Å². The summed E-state index contributed by atoms with van der Waals surface area (Å²) in [5.74, 6) is -3.44. The minimum absolute atomic E-state index is 0.0680. The highest BCUT2D eigenvalue weighted by molar-refractivity contribution is 7.98. The molecular weight excluding hydrogens is 564 g/mol. The first-order valence-electron chi connectivity index (χ1n) is 13.3. The number of nitrogens with zero attached hydrogens (tertiary/aromatic N) is 1. The number of fused-ring (bicyclic) bond motifs is 1. The number of amides is 4. The first-order chi connectivity index (χ1) is 20.1. The standard InChI is InChI=1S/C27H36N8O6S/c1-42-9-8-18(28)24(37)34-21(10-15-12-31-19-5-3-2-4-17(15)19)26(39)33-20(6-7-23(29)36)25(38)35-22(27(40)41)11-16-13-30-14-32-16/h2-5,12-14,18,20-22,31H,6-11,28H2,1H3,(H2,29,36)(H,30,32)(H,33,39)(H,34,37)(H,35,38)(H,40,41). The van der Waals surface area contributed by atoms with Gasteiger partial charge in [0.25, 0.3) is 0 Å². The quantitative estimate of drug-likeness (QED) is 0.100. The first-order valence-corrected chi connectivity index (χ1v) is 14.7. The Hall–Kier alpha value is -4.37. The Morgan fingerprint density at radius 1 is 0.952 bits per heavy atom. The fourth-order valence-corrected chi connectivity index (χ4v) is 4.79. The molecule has 0 spiro atoms. The van der Waals surface area contributed by atoms with Crippen molar-refractivity contribution in [3.8, 4) is 0 Å². The Bertz CT molecular complexity index is 1380. The second kappa shape index (κ2) is 15.6. The molecule has 0 fully saturated rings. The van der Waals surface area contributed by atoms with Gasteiger partial charge in [0.05, 0.1) is 12.4 Å². The number of primary amides is 1. The summed E-state index contributed by atoms with van der Waals surface area (Å²) < 4.78 is 0. The molecular formula is C27H36N8O6S. The number of hydrogen-bond donors (Lipinski definition) is 8. The SMILES string of the molecule is CSCCC(N)C(=O)NC(Cc1c[nH]c2ccccc12)C(=O)NC(CCC(N)=O)C(=O)NC(Cc1cnc[nH]1)C(=O)O. The number of hydrogen-bond acceptors (Lipinski definition) is 8. The number of imidazole rings is 1. The smallest absolute Gasteiger partial charge is 0.326 e. The van der Waals surface area contributed by atoms with Crippen LogP contribution in [0.4, 0.5) is 0 Å². The van der Waals surface area contributed by atoms with Gasteiger partial charge >= 0.3 is 5.97 Å². The van der Waals surface area contributed by atoms with Crippen LogP contribution in [-0.4, -0.2) is 85.8 Å². The van der Waals surface area contributed by atoms with Crippen LogP contribution in [0.15, 0.2) is 43.0 Å². The summed E-state index contributed by atoms with van der Waals surface area (Å²) in [5, 5.41) is 18.2. The van der Waals surface area contributed by atoms with Gasteiger partial charge in [-0.05, 0) is 36.5 Å². The molecule has 2 aromatic heterocycles. The normalized spacial score (nSPS) is 14.0. The first kappa shape index (κ1) is 32.1. The van der Waals surface area contributed by atoms with E-state index in [1.807, 2.05) is 30.5 Å². The Labute approximate surface area is 246 Å². The lowest BCUT2D eigenvalue weighted by Gasteiger charge is -2.25. The van der Waals surface area contributed by atoms with E-state index in [4.69, 9.17) is 11.5 Å². The molecule has 0 aliphatic rings. The topological polar surface area (TPSA) is 238 Å². The summed E-state index contributed by atoms with van der Waals surface area (Å²) in [4.78, 5) is 72.9. The lowest BCUT2D eigenvalue weighted by atomic mass is 10.0. The van der Waals surface area contributed by atoms with E-state index >= 15 is 0 Å². The van der Waals surface area contributed by atoms with Gasteiger partial charge in [0.15, 0.2) is 0 Å². The van der Waals surface area contributed by atoms with Gasteiger partial charge in [-0.2, -0.15) is 11.8 Å². The molecule has 14 nitrogen and oxygen atoms in total. The number of thioether (sulfide) groups is 1. The summed E-state index contributed by atoms with van der Waals surface area (Å²) in [6.45, 7) is 0. The summed E-state index contributed by atoms with van der Waals surface area (Å²) in [7, 11) is 0. The minimum atomic E-state index is -1.35. The van der Waals surface area contributed by atoms with Crippen molar-refractivity contribution in [3.05, 3.63) is 54.2 Å². The fourth-order valence-electron chi connectivity index (χ4n) is 4.30. The predicted molar refractivity (Wildman–Crippen MR) is 157 cm³/mol. The van der Waals surface area contributed by atoms with Crippen LogP contribution >= 0.6 is 11.8 Å². The number of nitrogens with two attached hydrogens (primary N) is 2. The number of H-pyrrole nitrogens is 2. The number of para-hydroxylation sites is 1. The zero-order chi connectivity index (χ0) is 30.6. The van der Waals surface area contributed by atoms with Gasteiger partial charge in [-0.25, -0.2) is 9.78 Å². The summed E-state index contributed by atoms with van der Waals surface area (Å²) in [5.41, 5.74) is 13.4. The van der Waals surface area contributed by atoms with E-state index in [1.54, 1.807) is 6.20 Å². The number of carboxylic acids is 1. The van der Waals surface area contributed by atoms with E-state index in [1.165, 1.54) is 24.3 Å². The molecule has 3 rings (SSSR count). The van der Waals surface area contributed by atoms with Crippen LogP contribution in [0, 0.1) is 0 Å². The van der Waals surface area contributed by atoms with Gasteiger partial charge < -0.3 is 42.5 Å². The monoisotopic (exact) mass is 600 g/mol. The Morgan fingerprint density at radius 3 is 2.31 bits per heavy atom. The predicted octanol–water partition coefficient (Wildman–Crippen LogP) is -0.439. The maximum absolute atomic E-state index is 13.6. The second-order valence-corrected chi connectivity index (χ2v) is 10.7. The van der Waals surface area contributed by atoms with E-state index in [2.05, 4.69) is 30.9 Å². The third-order valence-electron chi connectivity index (χ3n) is 6.61. The largest absolute Gasteiger partial charge is 0.480 e. The van der Waals surface area contributed by atoms with E-state index in [-0.39, 0.29) is 25.7 Å². The molecule has 0 radical (unpaired) electrons. The number of aromatic nitrogens is 3. The van der Waals surface area contributed by atoms with E-state index in [9.17, 15) is 29.1 Å². The molecule has 42 heavy (non-hydrogen) atoms. The highest BCUT2D eigenvalue weighted by atomic mass is 32.2. The Kier molecular flexibility index (Phi) is 11.9. The molecule has 4 amide bonds. The van der Waals surface area contributed by atoms with Gasteiger partial charge in [-0.3, -0.25) is 19.2 Å². The fraction of sp³-hybridized carbons (Fsp3) is 0.407. The Balaban J connectivity index is 1.82. The number of benzene rings is 1. The van der Waals surface area contributed by atoms with E-state index in [0.29, 0.717) is 17.9 Å². The van der Waals surface area contributed by atoms with Crippen LogP contribution in [0.2, 0.25) is 0 Å². The number of aliphatic carboxylic acids is 1. The number of aromatic amines is 2. The van der Waals surface area contributed by atoms with Crippen LogP contribution in [0.3, 0.4) is 0 Å². The summed E-state index contributed by atoms with van der Waals surface area (Å²) in [6, 6.07) is 2.79. The molecule has 2 heterocycles. The molecule has 3 aromatic rings. The number of carbonyl (C=O) groups is 5. The van der Waals surface area contributed by atoms with E-state index in [0.717, 1.165) is 16.5 Å². The second-order valence-electron chi connectivity index (χ2n) is 9.76. The number of rotatable bonds is 17. The van der Waals surface area contributed by atoms with Gasteiger partial charge in [0.2, 0.25) is 23.6 Å². The highest BCUT2D eigenvalue weighted by Crippen LogP contribution is 2.19. The van der Waals surface area contributed by atoms with Crippen molar-refractivity contribution in [3.63, 3.8) is 0 Å². The lowest BCUT2D eigenvalue weighted by molar-refractivity contribution is -0.142. The average Bonchev–Trinajstić information content (AvgIpc) is 3.62. The third-order valence-corrected chi connectivity index (χ3v) is 7.25. The van der Waals surface area contributed by atoms with Gasteiger partial charge in [-0.1, -0.05) is 18.2 Å². The van der Waals surface area contributed by atoms with Gasteiger partial charge in [0, 0.05) is 48.3 Å². The molecule has 15 heteroatoms. The van der Waals surface area contributed by atoms with Crippen molar-refractivity contribution in [2.75, 3.05) is 12.0 Å². The molecule has 0 aliphatic heterocycles. The molecule has 4 atom stereocenters. The molecule has 0 saturated carbocycles. The molecule has 0 saturated heterocycles. The van der Waals surface area contributed by atoms with E-state index < -0.39 is 53.8 Å². The third kappa shape index (κ3) is 9.34. The average molecular weight is 601 g/mol. The van der Waals surface area contributed by atoms with Crippen LogP contribution in [0.1, 0.15) is 30.5 Å². The molecule has 1 aromatic carbocycles. The van der Waals surface area contributed by atoms with Crippen LogP contribution in [0.25, 0.3) is 10.9 Å². The summed E-state index contributed by atoms with van der Waals surface area (Å²) in [6.07, 6.45) is 6.35. The number of carboxylic acid groups (broad SMARTS) is 1. The van der Waals surface area contributed by atoms with Gasteiger partial charge in [-0.15, -0.1) is 0 Å². The maximum Gasteiger partial charge on any atom is 0.326 e. The van der Waals surface area contributed by atoms with Gasteiger partial charge in [0.1, 0.15) is 18.1 Å². The van der Waals surface area contributed by atoms with Crippen molar-refractivity contribution in [1.82, 2.24) is 30.9 Å². The van der Waals surface area contributed by atoms with Crippen molar-refractivity contribution in [2.24, 2.45) is 11.5 Å². The van der Waals surface area contributed by atoms with Crippen molar-refractivity contribution in [2.45, 2.75) is 56.3 Å². The minimum Gasteiger partial charge on any atom is -0.480 e. The maximum atomic E-state index is 13.6. The summed E-state index contributed by atoms with van der Waals surface area (Å²) >= 11 is 1.53. The molecule has 4 unspecified atom stereocenters. The van der Waals surface area contributed by atoms with Crippen molar-refractivity contribution >= 4 is 52.3 Å². The van der Waals surface area contributed by atoms with Crippen LogP contribution in [0.5, 0.6) is 0 Å². The van der Waals surface area contributed by atoms with Crippen LogP contribution < -0.4 is 27.4 Å². The van der Waals surface area contributed by atoms with Crippen molar-refractivity contribution < 1.29 is 29.1 Å². The Morgan fingerprint density at radius 2 is 1.64 bits per heavy atom. The van der Waals surface area contributed by atoms with Crippen molar-refractivity contribution in [1.29, 1.82) is 0 Å². The molecule has 0 aliphatic carbocycles. The molecule has 10 N–H and O–H groups in total. The zero-order valence-corrected chi connectivity index (χ0v) is 23.9. The molecule has 226 valence electrons. The molecule has 0 bridgehead atoms. The number of carbonyl (C=O) groups excluding carboxylic acids is 4. The highest BCUT2D eigenvalue weighted by Gasteiger charge is 2.31. The number of nitrogens with one attached hydrogen (secondary N) is 5. The lowest BCUT2D eigenvalue weighted by Crippen LogP contribution is -2.58. The zero-order valence-electron chi connectivity index (χ0n) is 23.1.